The summed E-state index contributed by atoms with van der Waals surface area (Å²) in [4.78, 5) is 18.9. The van der Waals surface area contributed by atoms with Crippen LogP contribution in [0.15, 0.2) is 50.8 Å². The van der Waals surface area contributed by atoms with Gasteiger partial charge in [-0.05, 0) is 31.5 Å². The molecule has 5 nitrogen and oxygen atoms in total. The number of benzene rings is 1. The van der Waals surface area contributed by atoms with Crippen LogP contribution in [0.25, 0.3) is 0 Å². The molecule has 0 aliphatic carbocycles. The fourth-order valence-electron chi connectivity index (χ4n) is 2.58. The van der Waals surface area contributed by atoms with E-state index in [1.165, 1.54) is 18.2 Å². The lowest BCUT2D eigenvalue weighted by Gasteiger charge is -2.15. The lowest BCUT2D eigenvalue weighted by atomic mass is 10.2. The summed E-state index contributed by atoms with van der Waals surface area (Å²) in [6.07, 6.45) is 0.735. The maximum absolute atomic E-state index is 13.8. The van der Waals surface area contributed by atoms with Crippen molar-refractivity contribution in [1.82, 2.24) is 9.97 Å². The standard InChI is InChI=1S/C19H19F2N3O2S/c1-3-14(15-8-7-11(2)26-15)22-16-9-17(25)24-19(23-16)27-10-12-5-4-6-13(20)18(12)21/h4-9,14H,3,10H2,1-2H3,(H2,22,23,24,25)/t14-/m1/s1. The van der Waals surface area contributed by atoms with Gasteiger partial charge in [0.1, 0.15) is 17.3 Å². The van der Waals surface area contributed by atoms with E-state index in [9.17, 15) is 13.6 Å². The van der Waals surface area contributed by atoms with Crippen LogP contribution in [0.2, 0.25) is 0 Å². The normalized spacial score (nSPS) is 12.1. The molecule has 1 atom stereocenters. The van der Waals surface area contributed by atoms with Gasteiger partial charge < -0.3 is 14.7 Å². The van der Waals surface area contributed by atoms with Crippen molar-refractivity contribution >= 4 is 17.6 Å². The van der Waals surface area contributed by atoms with Crippen LogP contribution in [0, 0.1) is 18.6 Å². The number of hydrogen-bond acceptors (Lipinski definition) is 5. The zero-order chi connectivity index (χ0) is 19.4. The highest BCUT2D eigenvalue weighted by molar-refractivity contribution is 7.98. The van der Waals surface area contributed by atoms with Gasteiger partial charge in [-0.15, -0.1) is 0 Å². The maximum atomic E-state index is 13.8. The van der Waals surface area contributed by atoms with E-state index in [2.05, 4.69) is 15.3 Å². The van der Waals surface area contributed by atoms with Crippen molar-refractivity contribution in [3.8, 4) is 0 Å². The molecule has 0 unspecified atom stereocenters. The van der Waals surface area contributed by atoms with E-state index in [1.807, 2.05) is 26.0 Å². The molecule has 0 saturated heterocycles. The van der Waals surface area contributed by atoms with Crippen molar-refractivity contribution in [2.45, 2.75) is 37.2 Å². The van der Waals surface area contributed by atoms with E-state index in [4.69, 9.17) is 4.42 Å². The van der Waals surface area contributed by atoms with Crippen molar-refractivity contribution < 1.29 is 13.2 Å². The smallest absolute Gasteiger partial charge is 0.253 e. The zero-order valence-electron chi connectivity index (χ0n) is 14.9. The highest BCUT2D eigenvalue weighted by Crippen LogP contribution is 2.25. The average molecular weight is 391 g/mol. The Morgan fingerprint density at radius 3 is 2.81 bits per heavy atom. The summed E-state index contributed by atoms with van der Waals surface area (Å²) < 4.78 is 32.7. The van der Waals surface area contributed by atoms with E-state index >= 15 is 0 Å². The number of furan rings is 1. The molecule has 2 aromatic heterocycles. The third-order valence-corrected chi connectivity index (χ3v) is 4.87. The molecule has 27 heavy (non-hydrogen) atoms. The van der Waals surface area contributed by atoms with Gasteiger partial charge in [0.15, 0.2) is 16.8 Å². The first-order valence-electron chi connectivity index (χ1n) is 8.46. The van der Waals surface area contributed by atoms with E-state index in [-0.39, 0.29) is 22.9 Å². The molecular weight excluding hydrogens is 372 g/mol. The molecule has 0 amide bonds. The van der Waals surface area contributed by atoms with Gasteiger partial charge in [-0.2, -0.15) is 0 Å². The van der Waals surface area contributed by atoms with Gasteiger partial charge in [0, 0.05) is 17.4 Å². The molecule has 0 bridgehead atoms. The highest BCUT2D eigenvalue weighted by atomic mass is 32.2. The van der Waals surface area contributed by atoms with Gasteiger partial charge >= 0.3 is 0 Å². The quantitative estimate of drug-likeness (QED) is 0.447. The molecule has 0 radical (unpaired) electrons. The number of aromatic amines is 1. The Balaban J connectivity index is 1.75. The lowest BCUT2D eigenvalue weighted by Crippen LogP contribution is -2.15. The molecule has 142 valence electrons. The second-order valence-electron chi connectivity index (χ2n) is 5.99. The zero-order valence-corrected chi connectivity index (χ0v) is 15.7. The first-order chi connectivity index (χ1) is 13.0. The summed E-state index contributed by atoms with van der Waals surface area (Å²) in [6, 6.07) is 8.98. The second-order valence-corrected chi connectivity index (χ2v) is 6.96. The van der Waals surface area contributed by atoms with E-state index < -0.39 is 11.6 Å². The van der Waals surface area contributed by atoms with Gasteiger partial charge in [0.2, 0.25) is 0 Å². The number of nitrogens with one attached hydrogen (secondary N) is 2. The topological polar surface area (TPSA) is 70.9 Å². The van der Waals surface area contributed by atoms with Crippen LogP contribution in [0.4, 0.5) is 14.6 Å². The van der Waals surface area contributed by atoms with E-state index in [1.54, 1.807) is 0 Å². The van der Waals surface area contributed by atoms with Crippen molar-refractivity contribution in [2.75, 3.05) is 5.32 Å². The lowest BCUT2D eigenvalue weighted by molar-refractivity contribution is 0.452. The van der Waals surface area contributed by atoms with Crippen LogP contribution in [-0.2, 0) is 5.75 Å². The summed E-state index contributed by atoms with van der Waals surface area (Å²) in [5.41, 5.74) is -0.126. The first kappa shape index (κ1) is 19.2. The van der Waals surface area contributed by atoms with E-state index in [0.717, 1.165) is 35.8 Å². The number of rotatable bonds is 7. The molecule has 1 aromatic carbocycles. The minimum Gasteiger partial charge on any atom is -0.464 e. The predicted octanol–water partition coefficient (Wildman–Crippen LogP) is 4.81. The van der Waals surface area contributed by atoms with E-state index in [0.29, 0.717) is 11.0 Å². The molecule has 0 fully saturated rings. The third kappa shape index (κ3) is 4.77. The number of hydrogen-bond donors (Lipinski definition) is 2. The minimum atomic E-state index is -0.899. The van der Waals surface area contributed by atoms with Gasteiger partial charge in [-0.25, -0.2) is 13.8 Å². The maximum Gasteiger partial charge on any atom is 0.253 e. The average Bonchev–Trinajstić information content (AvgIpc) is 3.07. The molecule has 0 saturated carbocycles. The summed E-state index contributed by atoms with van der Waals surface area (Å²) in [7, 11) is 0. The van der Waals surface area contributed by atoms with Gasteiger partial charge in [0.05, 0.1) is 6.04 Å². The van der Waals surface area contributed by atoms with Crippen molar-refractivity contribution in [3.63, 3.8) is 0 Å². The number of aromatic nitrogens is 2. The predicted molar refractivity (Wildman–Crippen MR) is 101 cm³/mol. The Bertz CT molecular complexity index is 987. The molecule has 2 N–H and O–H groups in total. The molecular formula is C19H19F2N3O2S. The second kappa shape index (κ2) is 8.39. The Kier molecular flexibility index (Phi) is 5.95. The number of aryl methyl sites for hydroxylation is 1. The summed E-state index contributed by atoms with van der Waals surface area (Å²) in [6.45, 7) is 3.85. The molecule has 0 aliphatic rings. The fourth-order valence-corrected chi connectivity index (χ4v) is 3.43. The monoisotopic (exact) mass is 391 g/mol. The summed E-state index contributed by atoms with van der Waals surface area (Å²) >= 11 is 1.12. The largest absolute Gasteiger partial charge is 0.464 e. The van der Waals surface area contributed by atoms with Crippen molar-refractivity contribution in [1.29, 1.82) is 0 Å². The Morgan fingerprint density at radius 2 is 2.11 bits per heavy atom. The summed E-state index contributed by atoms with van der Waals surface area (Å²) in [5.74, 6) is 0.308. The molecule has 3 aromatic rings. The first-order valence-corrected chi connectivity index (χ1v) is 9.44. The van der Waals surface area contributed by atoms with Crippen LogP contribution >= 0.6 is 11.8 Å². The number of thioether (sulfide) groups is 1. The van der Waals surface area contributed by atoms with Gasteiger partial charge in [-0.1, -0.05) is 30.8 Å². The van der Waals surface area contributed by atoms with Crippen molar-refractivity contribution in [2.24, 2.45) is 0 Å². The number of H-pyrrole nitrogens is 1. The Hall–Kier alpha value is -2.61. The molecule has 0 spiro atoms. The SMILES string of the molecule is CC[C@@H](Nc1cc(=O)[nH]c(SCc2cccc(F)c2F)n1)c1ccc(C)o1. The van der Waals surface area contributed by atoms with Crippen LogP contribution in [0.5, 0.6) is 0 Å². The number of nitrogens with zero attached hydrogens (tertiary/aromatic N) is 1. The molecule has 0 aliphatic heterocycles. The van der Waals surface area contributed by atoms with Crippen LogP contribution in [0.3, 0.4) is 0 Å². The van der Waals surface area contributed by atoms with Crippen LogP contribution in [-0.4, -0.2) is 9.97 Å². The van der Waals surface area contributed by atoms with Crippen LogP contribution < -0.4 is 10.9 Å². The highest BCUT2D eigenvalue weighted by Gasteiger charge is 2.15. The molecule has 8 heteroatoms. The molecule has 3 rings (SSSR count). The Labute approximate surface area is 159 Å². The third-order valence-electron chi connectivity index (χ3n) is 3.95. The van der Waals surface area contributed by atoms with Crippen LogP contribution in [0.1, 0.15) is 36.5 Å². The molecule has 2 heterocycles. The van der Waals surface area contributed by atoms with Gasteiger partial charge in [0.25, 0.3) is 5.56 Å². The van der Waals surface area contributed by atoms with Crippen molar-refractivity contribution in [3.05, 3.63) is 75.5 Å². The number of halogens is 2. The minimum absolute atomic E-state index is 0.133. The van der Waals surface area contributed by atoms with Gasteiger partial charge in [-0.3, -0.25) is 4.79 Å². The number of anilines is 1. The Morgan fingerprint density at radius 1 is 1.30 bits per heavy atom. The fraction of sp³-hybridized carbons (Fsp3) is 0.263. The summed E-state index contributed by atoms with van der Waals surface area (Å²) in [5, 5.41) is 3.50.